The molecular formula is C24H18F2N4O. The number of aromatic nitrogens is 2. The number of halogens is 2. The fourth-order valence-electron chi connectivity index (χ4n) is 3.92. The maximum absolute atomic E-state index is 14.9. The van der Waals surface area contributed by atoms with Gasteiger partial charge >= 0.3 is 0 Å². The highest BCUT2D eigenvalue weighted by Gasteiger charge is 2.23. The van der Waals surface area contributed by atoms with Crippen LogP contribution >= 0.6 is 0 Å². The largest absolute Gasteiger partial charge is 0.322 e. The van der Waals surface area contributed by atoms with Crippen molar-refractivity contribution in [3.63, 3.8) is 0 Å². The van der Waals surface area contributed by atoms with Crippen molar-refractivity contribution in [1.29, 1.82) is 0 Å². The maximum atomic E-state index is 14.9. The molecular weight excluding hydrogens is 398 g/mol. The summed E-state index contributed by atoms with van der Waals surface area (Å²) in [6.45, 7) is 2.56. The monoisotopic (exact) mass is 416 g/mol. The molecule has 3 aromatic carbocycles. The number of carbonyl (C=O) groups is 1. The predicted molar refractivity (Wildman–Crippen MR) is 116 cm³/mol. The van der Waals surface area contributed by atoms with Crippen LogP contribution in [0, 0.1) is 18.6 Å². The van der Waals surface area contributed by atoms with Gasteiger partial charge in [-0.3, -0.25) is 14.5 Å². The molecule has 4 aromatic rings. The van der Waals surface area contributed by atoms with Crippen LogP contribution in [0.2, 0.25) is 0 Å². The molecule has 0 atom stereocenters. The Bertz CT molecular complexity index is 1400. The van der Waals surface area contributed by atoms with Gasteiger partial charge in [-0.25, -0.2) is 8.78 Å². The average molecular weight is 416 g/mol. The molecule has 0 saturated carbocycles. The number of fused-ring (bicyclic) bond motifs is 2. The lowest BCUT2D eigenvalue weighted by atomic mass is 9.98. The number of carbonyl (C=O) groups excluding carboxylic acids is 1. The number of hydrogen-bond acceptors (Lipinski definition) is 3. The summed E-state index contributed by atoms with van der Waals surface area (Å²) in [4.78, 5) is 17.4. The highest BCUT2D eigenvalue weighted by molar-refractivity contribution is 6.16. The van der Waals surface area contributed by atoms with Crippen LogP contribution in [-0.2, 0) is 13.6 Å². The first-order chi connectivity index (χ1) is 14.9. The van der Waals surface area contributed by atoms with E-state index >= 15 is 0 Å². The quantitative estimate of drug-likeness (QED) is 0.523. The maximum Gasteiger partial charge on any atom is 0.261 e. The molecule has 1 aliphatic rings. The van der Waals surface area contributed by atoms with Crippen LogP contribution in [0.4, 0.5) is 14.5 Å². The summed E-state index contributed by atoms with van der Waals surface area (Å²) in [5.41, 5.74) is 4.96. The Balaban J connectivity index is 1.48. The Morgan fingerprint density at radius 3 is 2.77 bits per heavy atom. The van der Waals surface area contributed by atoms with Gasteiger partial charge in [0.05, 0.1) is 29.4 Å². The van der Waals surface area contributed by atoms with Crippen molar-refractivity contribution in [2.75, 3.05) is 5.32 Å². The van der Waals surface area contributed by atoms with Crippen molar-refractivity contribution in [1.82, 2.24) is 9.78 Å². The van der Waals surface area contributed by atoms with E-state index in [0.29, 0.717) is 12.2 Å². The second-order valence-electron chi connectivity index (χ2n) is 7.61. The second kappa shape index (κ2) is 7.12. The van der Waals surface area contributed by atoms with Crippen molar-refractivity contribution in [3.05, 3.63) is 94.2 Å². The van der Waals surface area contributed by atoms with Crippen LogP contribution in [-0.4, -0.2) is 21.4 Å². The van der Waals surface area contributed by atoms with Crippen LogP contribution in [0.25, 0.3) is 10.9 Å². The van der Waals surface area contributed by atoms with E-state index in [0.717, 1.165) is 34.0 Å². The lowest BCUT2D eigenvalue weighted by molar-refractivity contribution is 0.101. The van der Waals surface area contributed by atoms with E-state index in [1.807, 2.05) is 37.3 Å². The number of rotatable bonds is 3. The Labute approximate surface area is 177 Å². The Morgan fingerprint density at radius 2 is 1.97 bits per heavy atom. The summed E-state index contributed by atoms with van der Waals surface area (Å²) in [7, 11) is 1.58. The van der Waals surface area contributed by atoms with Crippen molar-refractivity contribution in [3.8, 4) is 0 Å². The van der Waals surface area contributed by atoms with E-state index < -0.39 is 23.1 Å². The van der Waals surface area contributed by atoms with Gasteiger partial charge in [0.15, 0.2) is 0 Å². The first-order valence-electron chi connectivity index (χ1n) is 9.78. The summed E-state index contributed by atoms with van der Waals surface area (Å²) in [6.07, 6.45) is 1.28. The van der Waals surface area contributed by atoms with E-state index in [4.69, 9.17) is 0 Å². The zero-order valence-corrected chi connectivity index (χ0v) is 16.9. The summed E-state index contributed by atoms with van der Waals surface area (Å²) in [6, 6.07) is 14.5. The predicted octanol–water partition coefficient (Wildman–Crippen LogP) is 4.76. The van der Waals surface area contributed by atoms with Crippen molar-refractivity contribution in [2.24, 2.45) is 12.0 Å². The lowest BCUT2D eigenvalue weighted by Gasteiger charge is -2.11. The Hall–Kier alpha value is -3.87. The first kappa shape index (κ1) is 19.1. The van der Waals surface area contributed by atoms with Gasteiger partial charge in [0.25, 0.3) is 5.91 Å². The third-order valence-electron chi connectivity index (χ3n) is 5.49. The summed E-state index contributed by atoms with van der Waals surface area (Å²) in [5.74, 6) is -2.72. The topological polar surface area (TPSA) is 59.3 Å². The molecule has 31 heavy (non-hydrogen) atoms. The summed E-state index contributed by atoms with van der Waals surface area (Å²) in [5, 5.41) is 6.65. The van der Waals surface area contributed by atoms with Crippen LogP contribution in [0.15, 0.2) is 59.7 Å². The molecule has 1 N–H and O–H groups in total. The van der Waals surface area contributed by atoms with Gasteiger partial charge in [-0.1, -0.05) is 29.8 Å². The molecule has 0 saturated heterocycles. The van der Waals surface area contributed by atoms with Crippen LogP contribution < -0.4 is 5.32 Å². The van der Waals surface area contributed by atoms with Crippen molar-refractivity contribution in [2.45, 2.75) is 13.5 Å². The molecule has 2 heterocycles. The molecule has 7 heteroatoms. The minimum absolute atomic E-state index is 0.0943. The molecule has 1 aromatic heterocycles. The van der Waals surface area contributed by atoms with Crippen molar-refractivity contribution < 1.29 is 13.6 Å². The normalized spacial score (nSPS) is 12.7. The number of nitrogens with zero attached hydrogens (tertiary/aromatic N) is 3. The van der Waals surface area contributed by atoms with Gasteiger partial charge in [0.1, 0.15) is 17.2 Å². The van der Waals surface area contributed by atoms with Gasteiger partial charge in [0.2, 0.25) is 0 Å². The average Bonchev–Trinajstić information content (AvgIpc) is 3.32. The molecule has 0 bridgehead atoms. The highest BCUT2D eigenvalue weighted by Crippen LogP contribution is 2.28. The van der Waals surface area contributed by atoms with Gasteiger partial charge in [-0.2, -0.15) is 5.10 Å². The van der Waals surface area contributed by atoms with E-state index in [9.17, 15) is 13.6 Å². The SMILES string of the molecule is Cc1cccc(C2=NCc3ccc(NC(=O)c4c(F)cc5c(cnn5C)c4F)cc32)c1. The van der Waals surface area contributed by atoms with E-state index in [-0.39, 0.29) is 10.9 Å². The van der Waals surface area contributed by atoms with Gasteiger partial charge < -0.3 is 5.32 Å². The van der Waals surface area contributed by atoms with Crippen molar-refractivity contribution >= 4 is 28.2 Å². The minimum Gasteiger partial charge on any atom is -0.322 e. The summed E-state index contributed by atoms with van der Waals surface area (Å²) >= 11 is 0. The molecule has 0 aliphatic carbocycles. The molecule has 1 aliphatic heterocycles. The minimum atomic E-state index is -0.936. The molecule has 154 valence electrons. The molecule has 0 unspecified atom stereocenters. The smallest absolute Gasteiger partial charge is 0.261 e. The third kappa shape index (κ3) is 3.18. The summed E-state index contributed by atoms with van der Waals surface area (Å²) < 4.78 is 30.8. The Morgan fingerprint density at radius 1 is 1.13 bits per heavy atom. The second-order valence-corrected chi connectivity index (χ2v) is 7.61. The van der Waals surface area contributed by atoms with Crippen LogP contribution in [0.5, 0.6) is 0 Å². The highest BCUT2D eigenvalue weighted by atomic mass is 19.1. The molecule has 5 nitrogen and oxygen atoms in total. The number of amides is 1. The molecule has 0 fully saturated rings. The fourth-order valence-corrected chi connectivity index (χ4v) is 3.92. The molecule has 1 amide bonds. The van der Waals surface area contributed by atoms with Crippen LogP contribution in [0.3, 0.4) is 0 Å². The Kier molecular flexibility index (Phi) is 4.39. The zero-order chi connectivity index (χ0) is 21.7. The lowest BCUT2D eigenvalue weighted by Crippen LogP contribution is -2.16. The number of nitrogens with one attached hydrogen (secondary N) is 1. The number of aryl methyl sites for hydroxylation is 2. The first-order valence-corrected chi connectivity index (χ1v) is 9.78. The molecule has 0 spiro atoms. The molecule has 5 rings (SSSR count). The van der Waals surface area contributed by atoms with E-state index in [1.54, 1.807) is 19.2 Å². The number of hydrogen-bond donors (Lipinski definition) is 1. The van der Waals surface area contributed by atoms with Gasteiger partial charge in [-0.05, 0) is 30.7 Å². The molecule has 0 radical (unpaired) electrons. The van der Waals surface area contributed by atoms with E-state index in [1.165, 1.54) is 10.9 Å². The number of aliphatic imine (C=N–C) groups is 1. The van der Waals surface area contributed by atoms with Crippen LogP contribution in [0.1, 0.15) is 32.6 Å². The third-order valence-corrected chi connectivity index (χ3v) is 5.49. The van der Waals surface area contributed by atoms with E-state index in [2.05, 4.69) is 15.4 Å². The van der Waals surface area contributed by atoms with Gasteiger partial charge in [0, 0.05) is 29.9 Å². The standard InChI is InChI=1S/C24H18F2N4O/c1-13-4-3-5-14(8-13)23-17-9-16(7-6-15(17)11-27-23)29-24(31)21-19(25)10-20-18(22(21)26)12-28-30(20)2/h3-10,12H,11H2,1-2H3,(H,29,31). The zero-order valence-electron chi connectivity index (χ0n) is 16.9. The number of benzene rings is 3. The fraction of sp³-hybridized carbons (Fsp3) is 0.125. The van der Waals surface area contributed by atoms with Gasteiger partial charge in [-0.15, -0.1) is 0 Å². The number of anilines is 1.